The highest BCUT2D eigenvalue weighted by Gasteiger charge is 2.00. The van der Waals surface area contributed by atoms with Crippen molar-refractivity contribution in [3.63, 3.8) is 0 Å². The first-order chi connectivity index (χ1) is 8.81. The van der Waals surface area contributed by atoms with Crippen molar-refractivity contribution in [1.82, 2.24) is 5.32 Å². The molecular formula is C15H16N2O. The Hall–Kier alpha value is -2.05. The second kappa shape index (κ2) is 6.04. The normalized spacial score (nSPS) is 10.2. The standard InChI is InChI=1S/C15H16N2O/c1-2-14-7-8-15(18-14)11-17-10-13-5-3-12(9-16)4-6-13/h3-8,17H,2,10-11H2,1H3. The Morgan fingerprint density at radius 1 is 1.06 bits per heavy atom. The molecule has 2 aromatic rings. The Kier molecular flexibility index (Phi) is 4.16. The van der Waals surface area contributed by atoms with Crippen molar-refractivity contribution in [2.24, 2.45) is 0 Å². The van der Waals surface area contributed by atoms with Crippen LogP contribution in [0.1, 0.15) is 29.6 Å². The van der Waals surface area contributed by atoms with Gasteiger partial charge in [0, 0.05) is 13.0 Å². The van der Waals surface area contributed by atoms with E-state index in [1.165, 1.54) is 0 Å². The van der Waals surface area contributed by atoms with Crippen LogP contribution < -0.4 is 5.32 Å². The molecule has 0 aliphatic carbocycles. The van der Waals surface area contributed by atoms with E-state index in [-0.39, 0.29) is 0 Å². The lowest BCUT2D eigenvalue weighted by Gasteiger charge is -2.03. The molecule has 18 heavy (non-hydrogen) atoms. The Balaban J connectivity index is 1.82. The summed E-state index contributed by atoms with van der Waals surface area (Å²) in [6.07, 6.45) is 0.926. The van der Waals surface area contributed by atoms with E-state index in [1.54, 1.807) is 0 Å². The van der Waals surface area contributed by atoms with Crippen molar-refractivity contribution >= 4 is 0 Å². The molecule has 0 atom stereocenters. The summed E-state index contributed by atoms with van der Waals surface area (Å²) in [5.74, 6) is 1.98. The lowest BCUT2D eigenvalue weighted by atomic mass is 10.1. The topological polar surface area (TPSA) is 49.0 Å². The van der Waals surface area contributed by atoms with Gasteiger partial charge in [0.1, 0.15) is 11.5 Å². The van der Waals surface area contributed by atoms with Gasteiger partial charge >= 0.3 is 0 Å². The Bertz CT molecular complexity index is 534. The summed E-state index contributed by atoms with van der Waals surface area (Å²) in [5.41, 5.74) is 1.86. The van der Waals surface area contributed by atoms with Crippen LogP contribution in [0.5, 0.6) is 0 Å². The number of benzene rings is 1. The maximum absolute atomic E-state index is 8.70. The number of hydrogen-bond acceptors (Lipinski definition) is 3. The molecule has 0 aliphatic heterocycles. The molecule has 0 bridgehead atoms. The molecule has 0 aliphatic rings. The van der Waals surface area contributed by atoms with Crippen LogP contribution in [0.2, 0.25) is 0 Å². The molecule has 0 radical (unpaired) electrons. The zero-order valence-corrected chi connectivity index (χ0v) is 10.4. The van der Waals surface area contributed by atoms with E-state index in [9.17, 15) is 0 Å². The number of nitriles is 1. The maximum atomic E-state index is 8.70. The first-order valence-electron chi connectivity index (χ1n) is 6.09. The molecule has 3 nitrogen and oxygen atoms in total. The molecule has 0 saturated heterocycles. The fourth-order valence-corrected chi connectivity index (χ4v) is 1.73. The predicted octanol–water partition coefficient (Wildman–Crippen LogP) is 3.00. The van der Waals surface area contributed by atoms with Crippen molar-refractivity contribution in [2.45, 2.75) is 26.4 Å². The first kappa shape index (κ1) is 12.4. The third kappa shape index (κ3) is 3.22. The minimum Gasteiger partial charge on any atom is -0.465 e. The lowest BCUT2D eigenvalue weighted by Crippen LogP contribution is -2.12. The minimum atomic E-state index is 0.692. The molecule has 1 heterocycles. The van der Waals surface area contributed by atoms with Gasteiger partial charge < -0.3 is 9.73 Å². The number of nitrogens with one attached hydrogen (secondary N) is 1. The molecule has 0 spiro atoms. The van der Waals surface area contributed by atoms with Gasteiger partial charge in [-0.2, -0.15) is 5.26 Å². The third-order valence-corrected chi connectivity index (χ3v) is 2.78. The molecule has 0 fully saturated rings. The van der Waals surface area contributed by atoms with E-state index in [0.29, 0.717) is 5.56 Å². The summed E-state index contributed by atoms with van der Waals surface area (Å²) in [5, 5.41) is 12.0. The quantitative estimate of drug-likeness (QED) is 0.874. The predicted molar refractivity (Wildman–Crippen MR) is 69.8 cm³/mol. The second-order valence-corrected chi connectivity index (χ2v) is 4.13. The molecule has 1 aromatic carbocycles. The van der Waals surface area contributed by atoms with Gasteiger partial charge in [0.25, 0.3) is 0 Å². The summed E-state index contributed by atoms with van der Waals surface area (Å²) < 4.78 is 5.60. The summed E-state index contributed by atoms with van der Waals surface area (Å²) in [4.78, 5) is 0. The van der Waals surface area contributed by atoms with Gasteiger partial charge in [-0.25, -0.2) is 0 Å². The number of rotatable bonds is 5. The molecule has 0 unspecified atom stereocenters. The summed E-state index contributed by atoms with van der Waals surface area (Å²) in [6, 6.07) is 13.7. The molecule has 1 N–H and O–H groups in total. The summed E-state index contributed by atoms with van der Waals surface area (Å²) in [7, 11) is 0. The SMILES string of the molecule is CCc1ccc(CNCc2ccc(C#N)cc2)o1. The minimum absolute atomic E-state index is 0.692. The van der Waals surface area contributed by atoms with Crippen molar-refractivity contribution in [1.29, 1.82) is 5.26 Å². The molecule has 3 heteroatoms. The van der Waals surface area contributed by atoms with Gasteiger partial charge in [-0.3, -0.25) is 0 Å². The average molecular weight is 240 g/mol. The van der Waals surface area contributed by atoms with Crippen molar-refractivity contribution in [2.75, 3.05) is 0 Å². The van der Waals surface area contributed by atoms with Gasteiger partial charge in [0.2, 0.25) is 0 Å². The van der Waals surface area contributed by atoms with Crippen LogP contribution in [0.3, 0.4) is 0 Å². The first-order valence-corrected chi connectivity index (χ1v) is 6.09. The average Bonchev–Trinajstić information content (AvgIpc) is 2.87. The molecule has 0 saturated carbocycles. The van der Waals surface area contributed by atoms with Gasteiger partial charge in [-0.05, 0) is 29.8 Å². The van der Waals surface area contributed by atoms with Gasteiger partial charge in [-0.15, -0.1) is 0 Å². The highest BCUT2D eigenvalue weighted by molar-refractivity contribution is 5.31. The number of hydrogen-bond donors (Lipinski definition) is 1. The van der Waals surface area contributed by atoms with Crippen LogP contribution in [0.15, 0.2) is 40.8 Å². The number of aryl methyl sites for hydroxylation is 1. The molecule has 1 aromatic heterocycles. The van der Waals surface area contributed by atoms with E-state index in [1.807, 2.05) is 36.4 Å². The van der Waals surface area contributed by atoms with E-state index in [4.69, 9.17) is 9.68 Å². The van der Waals surface area contributed by atoms with Crippen LogP contribution in [-0.4, -0.2) is 0 Å². The molecule has 2 rings (SSSR count). The maximum Gasteiger partial charge on any atom is 0.117 e. The van der Waals surface area contributed by atoms with E-state index < -0.39 is 0 Å². The molecular weight excluding hydrogens is 224 g/mol. The van der Waals surface area contributed by atoms with Crippen molar-refractivity contribution < 1.29 is 4.42 Å². The third-order valence-electron chi connectivity index (χ3n) is 2.78. The largest absolute Gasteiger partial charge is 0.465 e. The smallest absolute Gasteiger partial charge is 0.117 e. The summed E-state index contributed by atoms with van der Waals surface area (Å²) >= 11 is 0. The van der Waals surface area contributed by atoms with E-state index >= 15 is 0 Å². The Labute approximate surface area is 107 Å². The zero-order chi connectivity index (χ0) is 12.8. The molecule has 0 amide bonds. The highest BCUT2D eigenvalue weighted by atomic mass is 16.3. The van der Waals surface area contributed by atoms with E-state index in [0.717, 1.165) is 36.6 Å². The van der Waals surface area contributed by atoms with Gasteiger partial charge in [0.05, 0.1) is 18.2 Å². The van der Waals surface area contributed by atoms with Crippen LogP contribution in [-0.2, 0) is 19.5 Å². The summed E-state index contributed by atoms with van der Waals surface area (Å²) in [6.45, 7) is 3.57. The monoisotopic (exact) mass is 240 g/mol. The van der Waals surface area contributed by atoms with Crippen LogP contribution in [0, 0.1) is 11.3 Å². The highest BCUT2D eigenvalue weighted by Crippen LogP contribution is 2.08. The second-order valence-electron chi connectivity index (χ2n) is 4.13. The van der Waals surface area contributed by atoms with Crippen molar-refractivity contribution in [3.8, 4) is 6.07 Å². The van der Waals surface area contributed by atoms with Crippen molar-refractivity contribution in [3.05, 3.63) is 59.0 Å². The van der Waals surface area contributed by atoms with Crippen LogP contribution >= 0.6 is 0 Å². The Morgan fingerprint density at radius 3 is 2.39 bits per heavy atom. The number of nitrogens with zero attached hydrogens (tertiary/aromatic N) is 1. The van der Waals surface area contributed by atoms with Gasteiger partial charge in [0.15, 0.2) is 0 Å². The van der Waals surface area contributed by atoms with E-state index in [2.05, 4.69) is 18.3 Å². The van der Waals surface area contributed by atoms with Crippen LogP contribution in [0.4, 0.5) is 0 Å². The fraction of sp³-hybridized carbons (Fsp3) is 0.267. The Morgan fingerprint density at radius 2 is 1.78 bits per heavy atom. The van der Waals surface area contributed by atoms with Gasteiger partial charge in [-0.1, -0.05) is 19.1 Å². The zero-order valence-electron chi connectivity index (χ0n) is 10.4. The lowest BCUT2D eigenvalue weighted by molar-refractivity contribution is 0.450. The number of furan rings is 1. The fourth-order valence-electron chi connectivity index (χ4n) is 1.73. The van der Waals surface area contributed by atoms with Crippen LogP contribution in [0.25, 0.3) is 0 Å². The molecule has 92 valence electrons.